The van der Waals surface area contributed by atoms with Crippen LogP contribution in [0.5, 0.6) is 5.75 Å². The molecular weight excluding hydrogens is 422 g/mol. The van der Waals surface area contributed by atoms with Gasteiger partial charge in [0.25, 0.3) is 5.92 Å². The molecule has 0 saturated carbocycles. The number of hydrogen-bond acceptors (Lipinski definition) is 4. The number of phenols is 1. The number of hydrogen-bond donors (Lipinski definition) is 1. The molecule has 0 spiro atoms. The van der Waals surface area contributed by atoms with Crippen LogP contribution in [0, 0.1) is 5.92 Å². The largest absolute Gasteiger partial charge is 0.508 e. The van der Waals surface area contributed by atoms with Crippen LogP contribution in [-0.4, -0.2) is 29.5 Å². The van der Waals surface area contributed by atoms with Gasteiger partial charge < -0.3 is 14.8 Å². The standard InChI is InChI=1S/C27H26F2N2O2/c28-27(29)15-23(19-4-2-1-3-5-19)26(22-8-7-21(33)14-24(22)27)20-6-9-25(30-16-20)31-12-10-18(17-32)11-13-31/h1-9,14,16-18,23,26,33H,10-13,15H2/t23-,26-/m1/s1. The average molecular weight is 449 g/mol. The van der Waals surface area contributed by atoms with Crippen molar-refractivity contribution in [2.75, 3.05) is 18.0 Å². The van der Waals surface area contributed by atoms with E-state index in [1.807, 2.05) is 42.5 Å². The Bertz CT molecular complexity index is 1130. The lowest BCUT2D eigenvalue weighted by atomic mass is 9.68. The summed E-state index contributed by atoms with van der Waals surface area (Å²) in [6, 6.07) is 17.7. The van der Waals surface area contributed by atoms with Gasteiger partial charge in [-0.05, 0) is 47.7 Å². The van der Waals surface area contributed by atoms with E-state index in [9.17, 15) is 9.90 Å². The zero-order valence-electron chi connectivity index (χ0n) is 18.2. The molecule has 2 aliphatic rings. The van der Waals surface area contributed by atoms with E-state index in [4.69, 9.17) is 0 Å². The van der Waals surface area contributed by atoms with Crippen LogP contribution in [0.4, 0.5) is 14.6 Å². The fourth-order valence-corrected chi connectivity index (χ4v) is 5.31. The maximum Gasteiger partial charge on any atom is 0.274 e. The molecule has 1 aliphatic carbocycles. The Hall–Kier alpha value is -3.28. The number of benzene rings is 2. The minimum absolute atomic E-state index is 0.111. The summed E-state index contributed by atoms with van der Waals surface area (Å²) in [6.07, 6.45) is 4.13. The van der Waals surface area contributed by atoms with Crippen molar-refractivity contribution in [1.29, 1.82) is 0 Å². The summed E-state index contributed by atoms with van der Waals surface area (Å²) in [6.45, 7) is 1.56. The number of carbonyl (C=O) groups is 1. The molecule has 0 unspecified atom stereocenters. The molecule has 1 fully saturated rings. The fourth-order valence-electron chi connectivity index (χ4n) is 5.31. The third-order valence-electron chi connectivity index (χ3n) is 7.06. The normalized spacial score (nSPS) is 22.5. The minimum atomic E-state index is -3.04. The van der Waals surface area contributed by atoms with Gasteiger partial charge in [0.15, 0.2) is 0 Å². The summed E-state index contributed by atoms with van der Waals surface area (Å²) in [5, 5.41) is 9.90. The van der Waals surface area contributed by atoms with Crippen LogP contribution in [0.1, 0.15) is 53.4 Å². The Morgan fingerprint density at radius 2 is 1.76 bits per heavy atom. The molecule has 4 nitrogen and oxygen atoms in total. The summed E-state index contributed by atoms with van der Waals surface area (Å²) in [4.78, 5) is 17.9. The molecule has 1 aromatic heterocycles. The average Bonchev–Trinajstić information content (AvgIpc) is 2.85. The minimum Gasteiger partial charge on any atom is -0.508 e. The molecule has 3 aromatic rings. The van der Waals surface area contributed by atoms with Gasteiger partial charge in [-0.1, -0.05) is 42.5 Å². The summed E-state index contributed by atoms with van der Waals surface area (Å²) < 4.78 is 30.4. The van der Waals surface area contributed by atoms with Gasteiger partial charge in [0, 0.05) is 49.0 Å². The first-order chi connectivity index (χ1) is 16.0. The van der Waals surface area contributed by atoms with E-state index in [1.54, 1.807) is 12.3 Å². The summed E-state index contributed by atoms with van der Waals surface area (Å²) in [7, 11) is 0. The molecule has 2 heterocycles. The summed E-state index contributed by atoms with van der Waals surface area (Å²) in [5.41, 5.74) is 2.15. The topological polar surface area (TPSA) is 53.4 Å². The number of anilines is 1. The first-order valence-corrected chi connectivity index (χ1v) is 11.4. The first kappa shape index (κ1) is 21.6. The zero-order valence-corrected chi connectivity index (χ0v) is 18.2. The highest BCUT2D eigenvalue weighted by atomic mass is 19.3. The highest BCUT2D eigenvalue weighted by Crippen LogP contribution is 2.54. The lowest BCUT2D eigenvalue weighted by Gasteiger charge is -2.39. The van der Waals surface area contributed by atoms with E-state index < -0.39 is 11.8 Å². The van der Waals surface area contributed by atoms with Crippen molar-refractivity contribution >= 4 is 12.1 Å². The number of alkyl halides is 2. The maximum atomic E-state index is 15.2. The van der Waals surface area contributed by atoms with Gasteiger partial charge in [-0.3, -0.25) is 0 Å². The van der Waals surface area contributed by atoms with E-state index in [1.165, 1.54) is 12.1 Å². The van der Waals surface area contributed by atoms with Crippen LogP contribution in [0.15, 0.2) is 66.9 Å². The SMILES string of the molecule is O=CC1CCN(c2ccc([C@@H]3c4ccc(O)cc4C(F)(F)C[C@@H]3c3ccccc3)cn2)CC1. The van der Waals surface area contributed by atoms with Crippen LogP contribution in [-0.2, 0) is 10.7 Å². The lowest BCUT2D eigenvalue weighted by Crippen LogP contribution is -2.34. The molecule has 1 N–H and O–H groups in total. The van der Waals surface area contributed by atoms with Crippen molar-refractivity contribution < 1.29 is 18.7 Å². The molecule has 0 amide bonds. The maximum absolute atomic E-state index is 15.2. The quantitative estimate of drug-likeness (QED) is 0.527. The highest BCUT2D eigenvalue weighted by Gasteiger charge is 2.47. The molecule has 33 heavy (non-hydrogen) atoms. The van der Waals surface area contributed by atoms with Crippen LogP contribution in [0.2, 0.25) is 0 Å². The Labute approximate surface area is 191 Å². The third-order valence-corrected chi connectivity index (χ3v) is 7.06. The lowest BCUT2D eigenvalue weighted by molar-refractivity contribution is -0.111. The molecule has 0 radical (unpaired) electrons. The van der Waals surface area contributed by atoms with Gasteiger partial charge in [-0.25, -0.2) is 13.8 Å². The van der Waals surface area contributed by atoms with Crippen LogP contribution in [0.3, 0.4) is 0 Å². The van der Waals surface area contributed by atoms with Gasteiger partial charge in [0.2, 0.25) is 0 Å². The monoisotopic (exact) mass is 448 g/mol. The van der Waals surface area contributed by atoms with E-state index in [-0.39, 0.29) is 29.6 Å². The number of fused-ring (bicyclic) bond motifs is 1. The fraction of sp³-hybridized carbons (Fsp3) is 0.333. The van der Waals surface area contributed by atoms with Crippen LogP contribution in [0.25, 0.3) is 0 Å². The zero-order chi connectivity index (χ0) is 23.0. The van der Waals surface area contributed by atoms with Crippen molar-refractivity contribution in [2.24, 2.45) is 5.92 Å². The number of piperidine rings is 1. The van der Waals surface area contributed by atoms with E-state index in [0.29, 0.717) is 5.56 Å². The Kier molecular flexibility index (Phi) is 5.60. The second-order valence-corrected chi connectivity index (χ2v) is 9.09. The number of aldehydes is 1. The number of halogens is 2. The predicted octanol–water partition coefficient (Wildman–Crippen LogP) is 5.61. The molecule has 2 aromatic carbocycles. The molecular formula is C27H26F2N2O2. The number of carbonyl (C=O) groups excluding carboxylic acids is 1. The summed E-state index contributed by atoms with van der Waals surface area (Å²) in [5.74, 6) is -2.96. The van der Waals surface area contributed by atoms with Gasteiger partial charge in [-0.2, -0.15) is 0 Å². The Balaban J connectivity index is 1.53. The van der Waals surface area contributed by atoms with Gasteiger partial charge in [0.05, 0.1) is 0 Å². The number of aromatic hydroxyl groups is 1. The molecule has 1 saturated heterocycles. The highest BCUT2D eigenvalue weighted by molar-refractivity contribution is 5.55. The predicted molar refractivity (Wildman–Crippen MR) is 123 cm³/mol. The molecule has 0 bridgehead atoms. The van der Waals surface area contributed by atoms with Gasteiger partial charge in [-0.15, -0.1) is 0 Å². The van der Waals surface area contributed by atoms with Crippen molar-refractivity contribution in [2.45, 2.75) is 37.0 Å². The number of aromatic nitrogens is 1. The van der Waals surface area contributed by atoms with Crippen molar-refractivity contribution in [3.63, 3.8) is 0 Å². The van der Waals surface area contributed by atoms with Crippen molar-refractivity contribution in [3.8, 4) is 5.75 Å². The van der Waals surface area contributed by atoms with Crippen molar-refractivity contribution in [1.82, 2.24) is 4.98 Å². The number of nitrogens with zero attached hydrogens (tertiary/aromatic N) is 2. The molecule has 2 atom stereocenters. The number of phenolic OH excluding ortho intramolecular Hbond substituents is 1. The first-order valence-electron chi connectivity index (χ1n) is 11.4. The van der Waals surface area contributed by atoms with E-state index in [2.05, 4.69) is 9.88 Å². The Morgan fingerprint density at radius 1 is 1.00 bits per heavy atom. The van der Waals surface area contributed by atoms with Gasteiger partial charge in [0.1, 0.15) is 17.9 Å². The van der Waals surface area contributed by atoms with Crippen LogP contribution < -0.4 is 4.90 Å². The number of rotatable bonds is 4. The third kappa shape index (κ3) is 4.10. The van der Waals surface area contributed by atoms with Crippen LogP contribution >= 0.6 is 0 Å². The number of pyridine rings is 1. The van der Waals surface area contributed by atoms with Crippen molar-refractivity contribution in [3.05, 3.63) is 89.1 Å². The van der Waals surface area contributed by atoms with E-state index in [0.717, 1.165) is 49.2 Å². The molecule has 5 rings (SSSR count). The molecule has 6 heteroatoms. The van der Waals surface area contributed by atoms with Gasteiger partial charge >= 0.3 is 0 Å². The second kappa shape index (κ2) is 8.58. The molecule has 170 valence electrons. The molecule has 1 aliphatic heterocycles. The smallest absolute Gasteiger partial charge is 0.274 e. The van der Waals surface area contributed by atoms with E-state index >= 15 is 8.78 Å². The second-order valence-electron chi connectivity index (χ2n) is 9.09. The summed E-state index contributed by atoms with van der Waals surface area (Å²) >= 11 is 0. The Morgan fingerprint density at radius 3 is 2.42 bits per heavy atom.